The summed E-state index contributed by atoms with van der Waals surface area (Å²) in [5, 5.41) is 32.9. The molecule has 5 aromatic rings. The number of nitrogens with zero attached hydrogens (tertiary/aromatic N) is 8. The summed E-state index contributed by atoms with van der Waals surface area (Å²) in [5.74, 6) is -1.22. The fourth-order valence-corrected chi connectivity index (χ4v) is 15.4. The van der Waals surface area contributed by atoms with Gasteiger partial charge in [-0.2, -0.15) is 9.55 Å². The van der Waals surface area contributed by atoms with Gasteiger partial charge in [-0.05, 0) is 18.2 Å². The molecule has 35 nitrogen and oxygen atoms in total. The van der Waals surface area contributed by atoms with E-state index >= 15 is 0 Å². The molecule has 3 aliphatic rings. The Balaban J connectivity index is 0.959. The predicted octanol–water partition coefficient (Wildman–Crippen LogP) is -4.03. The summed E-state index contributed by atoms with van der Waals surface area (Å²) in [5.41, 5.74) is 7.39. The molecule has 40 heteroatoms. The molecule has 5 unspecified atom stereocenters. The number of nitrogens with two attached hydrogens (primary N) is 2. The van der Waals surface area contributed by atoms with Crippen LogP contribution < -0.4 is 37.7 Å². The third kappa shape index (κ3) is 11.6. The Morgan fingerprint density at radius 2 is 1.46 bits per heavy atom. The van der Waals surface area contributed by atoms with Gasteiger partial charge in [0.2, 0.25) is 18.5 Å². The van der Waals surface area contributed by atoms with Crippen molar-refractivity contribution in [3.05, 3.63) is 62.4 Å². The van der Waals surface area contributed by atoms with Crippen LogP contribution in [-0.4, -0.2) is 163 Å². The number of hydrogen-bond acceptors (Lipinski definition) is 27. The zero-order chi connectivity index (χ0) is 53.8. The van der Waals surface area contributed by atoms with Crippen molar-refractivity contribution in [2.24, 2.45) is 13.0 Å². The van der Waals surface area contributed by atoms with Crippen LogP contribution in [0.5, 0.6) is 0 Å². The van der Waals surface area contributed by atoms with Crippen molar-refractivity contribution in [2.75, 3.05) is 52.1 Å². The van der Waals surface area contributed by atoms with E-state index in [9.17, 15) is 63.0 Å². The summed E-state index contributed by atoms with van der Waals surface area (Å²) in [6, 6.07) is 0.929. The molecule has 0 aromatic carbocycles. The first-order valence-corrected chi connectivity index (χ1v) is 28.6. The second kappa shape index (κ2) is 21.7. The zero-order valence-electron chi connectivity index (χ0n) is 38.4. The largest absolute Gasteiger partial charge is 0.778 e. The fraction of sp³-hybridized carbons (Fsp3) is 0.588. The van der Waals surface area contributed by atoms with Gasteiger partial charge < -0.3 is 79.1 Å². The van der Waals surface area contributed by atoms with Crippen LogP contribution in [0.25, 0.3) is 22.3 Å². The fourth-order valence-electron chi connectivity index (χ4n) is 8.67. The number of H-pyrrole nitrogens is 2. The average molecular weight is 1150 g/mol. The van der Waals surface area contributed by atoms with E-state index in [2.05, 4.69) is 33.5 Å². The topological polar surface area (TPSA) is 493 Å². The van der Waals surface area contributed by atoms with Crippen LogP contribution in [0, 0.1) is 5.92 Å². The Morgan fingerprint density at radius 1 is 0.824 bits per heavy atom. The van der Waals surface area contributed by atoms with Gasteiger partial charge in [-0.3, -0.25) is 37.7 Å². The molecule has 74 heavy (non-hydrogen) atoms. The molecule has 3 aliphatic heterocycles. The van der Waals surface area contributed by atoms with Crippen molar-refractivity contribution in [1.29, 1.82) is 0 Å². The lowest BCUT2D eigenvalue weighted by atomic mass is 9.95. The highest BCUT2D eigenvalue weighted by molar-refractivity contribution is 8.09. The zero-order valence-corrected chi connectivity index (χ0v) is 42.8. The first-order chi connectivity index (χ1) is 34.7. The molecule has 8 heterocycles. The standard InChI is InChI=1S/C34H48N12O23P4S/c1-43-13-46(28-20(43)29(51)42-33(36)41-28)30-21(48)14(5-7-60-2)15(65-30)8-63-71(55,56)68-73(59,74)69-72(57,58)64-10-17-25(24(61-3)32(67-17)45-12-39-19-26(35)37-11-38-27(19)45)70(53,54)62-9-16-22(49)23(50)31(66-16)44-6-4-18(47)40-34(44)52/h4,6,11-17,21-25,30-32,48-50H,5,7-10H2,1-3H3,(H9-,35,36,37,38,40,41,42,47,51,52,53,54,55,56,57,58,59,74)/t14-,15-,16-,17?,21-,22-,23-,24-,25-,30-,31-,32-,73?/m1/s1. The number of phosphoric ester groups is 2. The lowest BCUT2D eigenvalue weighted by Crippen LogP contribution is -2.40. The van der Waals surface area contributed by atoms with E-state index in [-0.39, 0.29) is 47.1 Å². The number of imidazole rings is 2. The number of aromatic amines is 2. The monoisotopic (exact) mass is 1150 g/mol. The van der Waals surface area contributed by atoms with Gasteiger partial charge in [0.05, 0.1) is 51.1 Å². The Kier molecular flexibility index (Phi) is 16.4. The predicted molar refractivity (Wildman–Crippen MR) is 245 cm³/mol. The maximum Gasteiger partial charge on any atom is 0.479 e. The summed E-state index contributed by atoms with van der Waals surface area (Å²) in [6.45, 7) is -8.43. The lowest BCUT2D eigenvalue weighted by Gasteiger charge is -2.35. The van der Waals surface area contributed by atoms with Crippen LogP contribution in [0.3, 0.4) is 0 Å². The molecule has 408 valence electrons. The van der Waals surface area contributed by atoms with Crippen LogP contribution >= 0.6 is 30.0 Å². The molecule has 5 aromatic heterocycles. The van der Waals surface area contributed by atoms with Crippen molar-refractivity contribution in [3.63, 3.8) is 0 Å². The number of hydrogen-bond donors (Lipinski definition) is 10. The first-order valence-electron chi connectivity index (χ1n) is 21.4. The molecule has 0 radical (unpaired) electrons. The van der Waals surface area contributed by atoms with Crippen LogP contribution in [-0.2, 0) is 78.4 Å². The molecule has 3 fully saturated rings. The number of aliphatic hydroxyl groups is 3. The molecule has 0 bridgehead atoms. The van der Waals surface area contributed by atoms with Crippen molar-refractivity contribution in [3.8, 4) is 0 Å². The second-order valence-corrected chi connectivity index (χ2v) is 24.6. The van der Waals surface area contributed by atoms with Crippen molar-refractivity contribution in [1.82, 2.24) is 43.6 Å². The summed E-state index contributed by atoms with van der Waals surface area (Å²) in [4.78, 5) is 104. The number of nitrogen functional groups attached to an aromatic ring is 2. The molecular formula is C34H48N12O23P4S. The maximum absolute atomic E-state index is 14.2. The Morgan fingerprint density at radius 3 is 2.12 bits per heavy atom. The minimum atomic E-state index is -5.79. The van der Waals surface area contributed by atoms with Gasteiger partial charge in [0.1, 0.15) is 50.0 Å². The SMILES string of the molecule is COCC[C@H]1[C@@H](O)[C@H](n2c[n+](C)c3c(=O)[nH]c(N)nc32)O[C@@H]1COP(=O)(O)OP(O)(=S)OP(=O)(O)OCC1O[C@@H](n2cnc3c(N)ncnc32)[C@H](OC)[C@@H]1P(=O)([O-])OC[C@H]1O[C@@H](n2ccc(=O)[nH]c2=O)[C@H](O)[C@@H]1O. The molecule has 3 saturated heterocycles. The number of aliphatic hydroxyl groups excluding tert-OH is 3. The number of rotatable bonds is 21. The van der Waals surface area contributed by atoms with Crippen LogP contribution in [0.15, 0.2) is 45.6 Å². The molecule has 0 aliphatic carbocycles. The van der Waals surface area contributed by atoms with E-state index in [0.717, 1.165) is 36.6 Å². The number of phosphoric acid groups is 2. The molecule has 0 spiro atoms. The second-order valence-electron chi connectivity index (χ2n) is 16.7. The normalized spacial score (nSPS) is 30.6. The van der Waals surface area contributed by atoms with Crippen LogP contribution in [0.2, 0.25) is 0 Å². The number of methoxy groups -OCH3 is 2. The van der Waals surface area contributed by atoms with E-state index in [1.807, 2.05) is 4.98 Å². The minimum absolute atomic E-state index is 0.00172. The Bertz CT molecular complexity index is 3270. The minimum Gasteiger partial charge on any atom is -0.778 e. The number of aromatic nitrogens is 10. The van der Waals surface area contributed by atoms with E-state index in [1.54, 1.807) is 0 Å². The van der Waals surface area contributed by atoms with Crippen molar-refractivity contribution in [2.45, 2.75) is 73.5 Å². The quantitative estimate of drug-likeness (QED) is 0.0247. The summed E-state index contributed by atoms with van der Waals surface area (Å²) >= 11 is 4.77. The van der Waals surface area contributed by atoms with Gasteiger partial charge in [0.15, 0.2) is 23.9 Å². The van der Waals surface area contributed by atoms with Gasteiger partial charge in [-0.15, -0.1) is 0 Å². The summed E-state index contributed by atoms with van der Waals surface area (Å²) in [6.07, 6.45) is -11.3. The van der Waals surface area contributed by atoms with Gasteiger partial charge in [-0.25, -0.2) is 42.1 Å². The number of anilines is 2. The smallest absolute Gasteiger partial charge is 0.479 e. The number of fused-ring (bicyclic) bond motifs is 2. The maximum atomic E-state index is 14.2. The highest BCUT2D eigenvalue weighted by atomic mass is 32.5. The van der Waals surface area contributed by atoms with Crippen LogP contribution in [0.1, 0.15) is 25.1 Å². The molecule has 0 amide bonds. The lowest BCUT2D eigenvalue weighted by molar-refractivity contribution is -0.646. The molecule has 0 saturated carbocycles. The van der Waals surface area contributed by atoms with Crippen molar-refractivity contribution < 1.29 is 99.0 Å². The molecular weight excluding hydrogens is 1100 g/mol. The van der Waals surface area contributed by atoms with E-state index < -0.39 is 140 Å². The third-order valence-corrected chi connectivity index (χ3v) is 19.3. The highest BCUT2D eigenvalue weighted by Gasteiger charge is 2.54. The van der Waals surface area contributed by atoms with E-state index in [0.29, 0.717) is 0 Å². The van der Waals surface area contributed by atoms with Gasteiger partial charge in [0.25, 0.3) is 16.7 Å². The molecule has 16 atom stereocenters. The van der Waals surface area contributed by atoms with Crippen molar-refractivity contribution >= 4 is 75.9 Å². The average Bonchev–Trinajstić information content (AvgIpc) is 4.12. The third-order valence-electron chi connectivity index (χ3n) is 12.0. The van der Waals surface area contributed by atoms with Gasteiger partial charge >= 0.3 is 33.6 Å². The summed E-state index contributed by atoms with van der Waals surface area (Å²) in [7, 11) is -12.9. The molecule has 8 rings (SSSR count). The van der Waals surface area contributed by atoms with Gasteiger partial charge in [-0.1, -0.05) is 0 Å². The Hall–Kier alpha value is -4.16. The van der Waals surface area contributed by atoms with E-state index in [4.69, 9.17) is 60.5 Å². The molecule has 12 N–H and O–H groups in total. The highest BCUT2D eigenvalue weighted by Crippen LogP contribution is 2.68. The number of aryl methyl sites for hydroxylation is 1. The Labute approximate surface area is 418 Å². The van der Waals surface area contributed by atoms with E-state index in [1.165, 1.54) is 34.2 Å². The number of nitrogens with one attached hydrogen (secondary N) is 2. The number of ether oxygens (including phenoxy) is 5. The summed E-state index contributed by atoms with van der Waals surface area (Å²) < 4.78 is 98.5. The van der Waals surface area contributed by atoms with Crippen LogP contribution in [0.4, 0.5) is 11.8 Å². The van der Waals surface area contributed by atoms with Gasteiger partial charge in [0, 0.05) is 39.0 Å². The first kappa shape index (κ1) is 56.1.